The molecule has 0 spiro atoms. The Morgan fingerprint density at radius 2 is 1.75 bits per heavy atom. The van der Waals surface area contributed by atoms with Gasteiger partial charge in [0.05, 0.1) is 6.42 Å². The van der Waals surface area contributed by atoms with Crippen molar-refractivity contribution in [3.05, 3.63) is 70.5 Å². The topological polar surface area (TPSA) is 49.4 Å². The van der Waals surface area contributed by atoms with E-state index in [-0.39, 0.29) is 24.8 Å². The number of halogens is 2. The summed E-state index contributed by atoms with van der Waals surface area (Å²) in [4.78, 5) is 27.0. The molecule has 2 aromatic rings. The van der Waals surface area contributed by atoms with Crippen LogP contribution < -0.4 is 5.32 Å². The first-order valence-corrected chi connectivity index (χ1v) is 9.85. The average molecular weight is 405 g/mol. The number of hydrogen-bond donors (Lipinski definition) is 1. The molecule has 0 radical (unpaired) electrons. The van der Waals surface area contributed by atoms with Gasteiger partial charge < -0.3 is 10.2 Å². The van der Waals surface area contributed by atoms with E-state index in [2.05, 4.69) is 5.32 Å². The molecule has 0 bridgehead atoms. The Bertz CT molecular complexity index is 813. The van der Waals surface area contributed by atoms with Crippen molar-refractivity contribution in [2.75, 3.05) is 6.54 Å². The molecule has 2 aromatic carbocycles. The molecule has 0 aromatic heterocycles. The molecule has 0 saturated heterocycles. The molecule has 0 aliphatic rings. The van der Waals surface area contributed by atoms with Crippen LogP contribution in [0, 0.1) is 5.82 Å². The Morgan fingerprint density at radius 3 is 2.39 bits per heavy atom. The molecule has 2 rings (SSSR count). The van der Waals surface area contributed by atoms with Crippen molar-refractivity contribution in [2.45, 2.75) is 45.7 Å². The van der Waals surface area contributed by atoms with E-state index < -0.39 is 11.9 Å². The molecule has 0 aliphatic heterocycles. The van der Waals surface area contributed by atoms with Gasteiger partial charge in [-0.3, -0.25) is 9.59 Å². The summed E-state index contributed by atoms with van der Waals surface area (Å²) in [6.45, 7) is 4.45. The number of rotatable bonds is 9. The van der Waals surface area contributed by atoms with Crippen LogP contribution in [0.1, 0.15) is 37.8 Å². The molecule has 0 saturated carbocycles. The highest BCUT2D eigenvalue weighted by Crippen LogP contribution is 2.20. The summed E-state index contributed by atoms with van der Waals surface area (Å²) in [7, 11) is 0. The summed E-state index contributed by atoms with van der Waals surface area (Å²) < 4.78 is 14.0. The number of carbonyl (C=O) groups excluding carboxylic acids is 2. The Balaban J connectivity index is 2.22. The third-order valence-electron chi connectivity index (χ3n) is 4.59. The first-order valence-electron chi connectivity index (χ1n) is 9.48. The monoisotopic (exact) mass is 404 g/mol. The molecule has 150 valence electrons. The second-order valence-electron chi connectivity index (χ2n) is 6.70. The highest BCUT2D eigenvalue weighted by Gasteiger charge is 2.27. The highest BCUT2D eigenvalue weighted by molar-refractivity contribution is 6.31. The molecule has 2 amide bonds. The SMILES string of the molecule is CCCCNC(=O)[C@@H](C)N(Cc1ccccc1Cl)C(=O)Cc1ccccc1F. The van der Waals surface area contributed by atoms with Crippen LogP contribution in [0.2, 0.25) is 5.02 Å². The predicted molar refractivity (Wildman–Crippen MR) is 109 cm³/mol. The van der Waals surface area contributed by atoms with E-state index in [0.29, 0.717) is 17.1 Å². The number of nitrogens with one attached hydrogen (secondary N) is 1. The zero-order chi connectivity index (χ0) is 20.5. The maximum absolute atomic E-state index is 14.0. The van der Waals surface area contributed by atoms with Crippen LogP contribution in [0.4, 0.5) is 4.39 Å². The van der Waals surface area contributed by atoms with Crippen LogP contribution in [-0.4, -0.2) is 29.3 Å². The maximum atomic E-state index is 14.0. The average Bonchev–Trinajstić information content (AvgIpc) is 2.68. The van der Waals surface area contributed by atoms with Crippen molar-refractivity contribution in [1.82, 2.24) is 10.2 Å². The molecule has 4 nitrogen and oxygen atoms in total. The van der Waals surface area contributed by atoms with Gasteiger partial charge in [0.2, 0.25) is 11.8 Å². The summed E-state index contributed by atoms with van der Waals surface area (Å²) in [5.41, 5.74) is 1.04. The van der Waals surface area contributed by atoms with E-state index in [1.165, 1.54) is 11.0 Å². The summed E-state index contributed by atoms with van der Waals surface area (Å²) in [6, 6.07) is 12.6. The molecule has 0 fully saturated rings. The highest BCUT2D eigenvalue weighted by atomic mass is 35.5. The number of carbonyl (C=O) groups is 2. The van der Waals surface area contributed by atoms with Crippen LogP contribution in [0.3, 0.4) is 0 Å². The molecule has 28 heavy (non-hydrogen) atoms. The largest absolute Gasteiger partial charge is 0.354 e. The molecule has 0 unspecified atom stereocenters. The minimum Gasteiger partial charge on any atom is -0.354 e. The molecular weight excluding hydrogens is 379 g/mol. The van der Waals surface area contributed by atoms with E-state index in [1.54, 1.807) is 37.3 Å². The van der Waals surface area contributed by atoms with E-state index in [9.17, 15) is 14.0 Å². The summed E-state index contributed by atoms with van der Waals surface area (Å²) >= 11 is 6.25. The predicted octanol–water partition coefficient (Wildman–Crippen LogP) is 4.36. The Kier molecular flexibility index (Phi) is 8.45. The number of benzene rings is 2. The molecular formula is C22H26ClFN2O2. The first-order chi connectivity index (χ1) is 13.4. The van der Waals surface area contributed by atoms with Crippen molar-refractivity contribution in [2.24, 2.45) is 0 Å². The van der Waals surface area contributed by atoms with Crippen molar-refractivity contribution in [1.29, 1.82) is 0 Å². The second kappa shape index (κ2) is 10.8. The standard InChI is InChI=1S/C22H26ClFN2O2/c1-3-4-13-25-22(28)16(2)26(15-18-10-5-7-11-19(18)23)21(27)14-17-9-6-8-12-20(17)24/h5-12,16H,3-4,13-15H2,1-2H3,(H,25,28)/t16-/m1/s1. The summed E-state index contributed by atoms with van der Waals surface area (Å²) in [5.74, 6) is -1.00. The maximum Gasteiger partial charge on any atom is 0.242 e. The third-order valence-corrected chi connectivity index (χ3v) is 4.96. The Hall–Kier alpha value is -2.40. The lowest BCUT2D eigenvalue weighted by Gasteiger charge is -2.29. The lowest BCUT2D eigenvalue weighted by atomic mass is 10.1. The molecule has 1 atom stereocenters. The van der Waals surface area contributed by atoms with Crippen LogP contribution in [0.15, 0.2) is 48.5 Å². The quantitative estimate of drug-likeness (QED) is 0.631. The van der Waals surface area contributed by atoms with Gasteiger partial charge in [-0.05, 0) is 36.6 Å². The van der Waals surface area contributed by atoms with Crippen molar-refractivity contribution in [3.63, 3.8) is 0 Å². The lowest BCUT2D eigenvalue weighted by Crippen LogP contribution is -2.48. The molecule has 0 aliphatic carbocycles. The minimum absolute atomic E-state index is 0.121. The zero-order valence-corrected chi connectivity index (χ0v) is 17.0. The van der Waals surface area contributed by atoms with Crippen LogP contribution in [-0.2, 0) is 22.6 Å². The normalized spacial score (nSPS) is 11.7. The van der Waals surface area contributed by atoms with Gasteiger partial charge in [-0.2, -0.15) is 0 Å². The number of nitrogens with zero attached hydrogens (tertiary/aromatic N) is 1. The molecule has 6 heteroatoms. The molecule has 0 heterocycles. The fourth-order valence-electron chi connectivity index (χ4n) is 2.84. The number of unbranched alkanes of at least 4 members (excludes halogenated alkanes) is 1. The fraction of sp³-hybridized carbons (Fsp3) is 0.364. The second-order valence-corrected chi connectivity index (χ2v) is 7.11. The van der Waals surface area contributed by atoms with Gasteiger partial charge in [0.15, 0.2) is 0 Å². The summed E-state index contributed by atoms with van der Waals surface area (Å²) in [6.07, 6.45) is 1.71. The smallest absolute Gasteiger partial charge is 0.242 e. The Morgan fingerprint density at radius 1 is 1.11 bits per heavy atom. The van der Waals surface area contributed by atoms with Crippen molar-refractivity contribution < 1.29 is 14.0 Å². The number of hydrogen-bond acceptors (Lipinski definition) is 2. The van der Waals surface area contributed by atoms with Gasteiger partial charge in [0, 0.05) is 18.1 Å². The van der Waals surface area contributed by atoms with E-state index in [1.807, 2.05) is 19.1 Å². The van der Waals surface area contributed by atoms with Crippen LogP contribution in [0.5, 0.6) is 0 Å². The van der Waals surface area contributed by atoms with Crippen LogP contribution >= 0.6 is 11.6 Å². The fourth-order valence-corrected chi connectivity index (χ4v) is 3.03. The Labute approximate surface area is 170 Å². The van der Waals surface area contributed by atoms with Crippen LogP contribution in [0.25, 0.3) is 0 Å². The van der Waals surface area contributed by atoms with Gasteiger partial charge in [-0.25, -0.2) is 4.39 Å². The number of amides is 2. The van der Waals surface area contributed by atoms with E-state index >= 15 is 0 Å². The van der Waals surface area contributed by atoms with Gasteiger partial charge in [-0.15, -0.1) is 0 Å². The zero-order valence-electron chi connectivity index (χ0n) is 16.3. The van der Waals surface area contributed by atoms with E-state index in [4.69, 9.17) is 11.6 Å². The van der Waals surface area contributed by atoms with Crippen molar-refractivity contribution in [3.8, 4) is 0 Å². The van der Waals surface area contributed by atoms with E-state index in [0.717, 1.165) is 18.4 Å². The van der Waals surface area contributed by atoms with Gasteiger partial charge >= 0.3 is 0 Å². The minimum atomic E-state index is -0.701. The van der Waals surface area contributed by atoms with Gasteiger partial charge in [-0.1, -0.05) is 61.3 Å². The lowest BCUT2D eigenvalue weighted by molar-refractivity contribution is -0.140. The summed E-state index contributed by atoms with van der Waals surface area (Å²) in [5, 5.41) is 3.37. The van der Waals surface area contributed by atoms with Crippen molar-refractivity contribution >= 4 is 23.4 Å². The first kappa shape index (κ1) is 21.9. The third kappa shape index (κ3) is 6.06. The van der Waals surface area contributed by atoms with Gasteiger partial charge in [0.25, 0.3) is 0 Å². The molecule has 1 N–H and O–H groups in total. The van der Waals surface area contributed by atoms with Gasteiger partial charge in [0.1, 0.15) is 11.9 Å².